The Morgan fingerprint density at radius 2 is 1.97 bits per heavy atom. The first-order chi connectivity index (χ1) is 15.7. The monoisotopic (exact) mass is 468 g/mol. The SMILES string of the molecule is C=Cc1ccc(-c2cnn3c(N(SF)SF)cc(C4CC5CCC(C4)B5C#N)nc23)cn1. The highest BCUT2D eigenvalue weighted by atomic mass is 32.3. The molecule has 162 valence electrons. The van der Waals surface area contributed by atoms with Crippen molar-refractivity contribution in [3.05, 3.63) is 48.6 Å². The van der Waals surface area contributed by atoms with Gasteiger partial charge < -0.3 is 0 Å². The molecule has 3 aromatic heterocycles. The Labute approximate surface area is 194 Å². The van der Waals surface area contributed by atoms with E-state index in [4.69, 9.17) is 4.98 Å². The quantitative estimate of drug-likeness (QED) is 0.312. The van der Waals surface area contributed by atoms with Gasteiger partial charge in [0.15, 0.2) is 36.1 Å². The van der Waals surface area contributed by atoms with Gasteiger partial charge in [0.2, 0.25) is 0 Å². The highest BCUT2D eigenvalue weighted by molar-refractivity contribution is 8.13. The zero-order valence-corrected chi connectivity index (χ0v) is 18.7. The van der Waals surface area contributed by atoms with Crippen LogP contribution >= 0.6 is 24.7 Å². The van der Waals surface area contributed by atoms with E-state index in [1.54, 1.807) is 24.5 Å². The molecule has 0 aliphatic carbocycles. The predicted octanol–water partition coefficient (Wildman–Crippen LogP) is 6.28. The van der Waals surface area contributed by atoms with E-state index in [2.05, 4.69) is 22.6 Å². The highest BCUT2D eigenvalue weighted by Crippen LogP contribution is 2.54. The third-order valence-electron chi connectivity index (χ3n) is 6.76. The number of rotatable bonds is 6. The molecule has 2 atom stereocenters. The van der Waals surface area contributed by atoms with Gasteiger partial charge in [-0.1, -0.05) is 25.5 Å². The second kappa shape index (κ2) is 8.75. The first-order valence-corrected chi connectivity index (χ1v) is 11.8. The Balaban J connectivity index is 1.62. The molecule has 2 aliphatic rings. The molecular weight excluding hydrogens is 449 g/mol. The van der Waals surface area contributed by atoms with Gasteiger partial charge in [0.25, 0.3) is 6.71 Å². The molecule has 2 fully saturated rings. The number of nitrogens with zero attached hydrogens (tertiary/aromatic N) is 6. The van der Waals surface area contributed by atoms with Crippen molar-refractivity contribution in [1.82, 2.24) is 19.6 Å². The van der Waals surface area contributed by atoms with Crippen LogP contribution in [0.25, 0.3) is 22.9 Å². The molecule has 32 heavy (non-hydrogen) atoms. The summed E-state index contributed by atoms with van der Waals surface area (Å²) < 4.78 is 29.4. The minimum Gasteiger partial charge on any atom is -0.256 e. The summed E-state index contributed by atoms with van der Waals surface area (Å²) in [4.78, 5) is 9.27. The Hall–Kier alpha value is -2.58. The summed E-state index contributed by atoms with van der Waals surface area (Å²) in [6.45, 7) is 3.83. The van der Waals surface area contributed by atoms with E-state index >= 15 is 0 Å². The number of anilines is 1. The van der Waals surface area contributed by atoms with Gasteiger partial charge in [0.1, 0.15) is 0 Å². The van der Waals surface area contributed by atoms with Gasteiger partial charge in [-0.05, 0) is 36.6 Å². The lowest BCUT2D eigenvalue weighted by Crippen LogP contribution is -2.27. The van der Waals surface area contributed by atoms with Crippen molar-refractivity contribution in [3.8, 4) is 17.1 Å². The van der Waals surface area contributed by atoms with Gasteiger partial charge >= 0.3 is 0 Å². The largest absolute Gasteiger partial charge is 0.274 e. The van der Waals surface area contributed by atoms with Crippen LogP contribution in [0.3, 0.4) is 0 Å². The van der Waals surface area contributed by atoms with Crippen molar-refractivity contribution in [2.45, 2.75) is 43.2 Å². The van der Waals surface area contributed by atoms with E-state index in [1.807, 2.05) is 12.1 Å². The third kappa shape index (κ3) is 3.55. The molecule has 0 radical (unpaired) electrons. The van der Waals surface area contributed by atoms with Crippen LogP contribution in [0.2, 0.25) is 11.6 Å². The van der Waals surface area contributed by atoms with Crippen LogP contribution in [0.4, 0.5) is 13.6 Å². The summed E-state index contributed by atoms with van der Waals surface area (Å²) in [6, 6.07) is 5.47. The summed E-state index contributed by atoms with van der Waals surface area (Å²) in [5, 5.41) is 13.9. The van der Waals surface area contributed by atoms with Crippen molar-refractivity contribution in [2.75, 3.05) is 3.71 Å². The van der Waals surface area contributed by atoms with Gasteiger partial charge in [0, 0.05) is 41.0 Å². The highest BCUT2D eigenvalue weighted by Gasteiger charge is 2.46. The van der Waals surface area contributed by atoms with Crippen molar-refractivity contribution >= 4 is 48.9 Å². The Morgan fingerprint density at radius 3 is 2.56 bits per heavy atom. The van der Waals surface area contributed by atoms with Gasteiger partial charge in [0.05, 0.1) is 11.9 Å². The van der Waals surface area contributed by atoms with Gasteiger partial charge in [-0.25, -0.2) is 10.2 Å². The molecule has 6 nitrogen and oxygen atoms in total. The van der Waals surface area contributed by atoms with Gasteiger partial charge in [-0.15, -0.1) is 7.77 Å². The summed E-state index contributed by atoms with van der Waals surface area (Å²) in [5.74, 6) is 3.60. The molecule has 3 aromatic rings. The first-order valence-electron chi connectivity index (χ1n) is 10.4. The number of pyridine rings is 1. The molecule has 0 saturated carbocycles. The zero-order chi connectivity index (χ0) is 22.2. The maximum atomic E-state index is 13.6. The average Bonchev–Trinajstić information content (AvgIpc) is 3.37. The van der Waals surface area contributed by atoms with Crippen molar-refractivity contribution in [3.63, 3.8) is 0 Å². The zero-order valence-electron chi connectivity index (χ0n) is 17.1. The molecule has 5 heterocycles. The fourth-order valence-corrected chi connectivity index (χ4v) is 5.74. The summed E-state index contributed by atoms with van der Waals surface area (Å²) in [5.41, 5.74) is 3.59. The maximum absolute atomic E-state index is 13.6. The van der Waals surface area contributed by atoms with Crippen molar-refractivity contribution in [1.29, 1.82) is 5.26 Å². The van der Waals surface area contributed by atoms with Crippen LogP contribution in [0.1, 0.15) is 43.0 Å². The van der Waals surface area contributed by atoms with Crippen LogP contribution in [-0.2, 0) is 0 Å². The number of hydrogen-bond acceptors (Lipinski definition) is 7. The third-order valence-corrected chi connectivity index (χ3v) is 7.72. The number of aromatic nitrogens is 4. The number of fused-ring (bicyclic) bond motifs is 3. The molecule has 0 aromatic carbocycles. The van der Waals surface area contributed by atoms with Crippen LogP contribution in [0.15, 0.2) is 37.2 Å². The molecule has 2 aliphatic heterocycles. The molecule has 5 rings (SSSR count). The normalized spacial score (nSPS) is 22.2. The van der Waals surface area contributed by atoms with E-state index in [1.165, 1.54) is 4.52 Å². The van der Waals surface area contributed by atoms with E-state index in [0.29, 0.717) is 17.3 Å². The van der Waals surface area contributed by atoms with Gasteiger partial charge in [-0.2, -0.15) is 13.3 Å². The van der Waals surface area contributed by atoms with Crippen LogP contribution in [0, 0.1) is 11.2 Å². The van der Waals surface area contributed by atoms with E-state index in [-0.39, 0.29) is 43.1 Å². The van der Waals surface area contributed by atoms with Crippen LogP contribution < -0.4 is 3.71 Å². The van der Waals surface area contributed by atoms with Crippen LogP contribution in [0.5, 0.6) is 0 Å². The Bertz CT molecular complexity index is 1180. The lowest BCUT2D eigenvalue weighted by Gasteiger charge is -2.29. The minimum atomic E-state index is -0.213. The fourth-order valence-electron chi connectivity index (χ4n) is 5.26. The predicted molar refractivity (Wildman–Crippen MR) is 126 cm³/mol. The van der Waals surface area contributed by atoms with Crippen molar-refractivity contribution < 1.29 is 7.77 Å². The second-order valence-electron chi connectivity index (χ2n) is 8.32. The molecule has 0 amide bonds. The second-order valence-corrected chi connectivity index (χ2v) is 9.56. The Kier molecular flexibility index (Phi) is 5.82. The first kappa shape index (κ1) is 21.3. The molecule has 0 spiro atoms. The number of halogens is 2. The van der Waals surface area contributed by atoms with Crippen molar-refractivity contribution in [2.24, 2.45) is 0 Å². The van der Waals surface area contributed by atoms with E-state index in [0.717, 1.165) is 51.9 Å². The molecule has 11 heteroatoms. The minimum absolute atomic E-state index is 0.105. The fraction of sp³-hybridized carbons (Fsp3) is 0.333. The molecule has 2 bridgehead atoms. The summed E-state index contributed by atoms with van der Waals surface area (Å²) in [7, 11) is 0. The lowest BCUT2D eigenvalue weighted by atomic mass is 9.34. The number of hydrogen-bond donors (Lipinski definition) is 0. The molecule has 2 unspecified atom stereocenters. The maximum Gasteiger partial charge on any atom is 0.274 e. The topological polar surface area (TPSA) is 70.1 Å². The smallest absolute Gasteiger partial charge is 0.256 e. The average molecular weight is 468 g/mol. The Morgan fingerprint density at radius 1 is 1.22 bits per heavy atom. The molecular formula is C21H19BF2N6S2. The van der Waals surface area contributed by atoms with E-state index in [9.17, 15) is 13.0 Å². The van der Waals surface area contributed by atoms with E-state index < -0.39 is 0 Å². The summed E-state index contributed by atoms with van der Waals surface area (Å²) >= 11 is -0.426. The molecule has 0 N–H and O–H groups in total. The lowest BCUT2D eigenvalue weighted by molar-refractivity contribution is 0.540. The molecule has 2 saturated heterocycles. The van der Waals surface area contributed by atoms with Gasteiger partial charge in [-0.3, -0.25) is 4.98 Å². The summed E-state index contributed by atoms with van der Waals surface area (Å²) in [6.07, 6.45) is 8.85. The van der Waals surface area contributed by atoms with Crippen LogP contribution in [-0.4, -0.2) is 26.3 Å². The standard InChI is InChI=1S/C21H19BF2N6S2/c1-2-17-6-3-13(10-26-17)18-11-27-29-20(30(31-23)32-24)9-19(28-21(18)29)14-7-15-4-5-16(8-14)22(15)12-25/h2-3,6,9-11,14-16H,1,4-5,7-8H2. The number of nitriles is 1.